The molecule has 0 saturated heterocycles. The van der Waals surface area contributed by atoms with Crippen molar-refractivity contribution in [2.24, 2.45) is 0 Å². The third kappa shape index (κ3) is 5.14. The van der Waals surface area contributed by atoms with Gasteiger partial charge >= 0.3 is 18.2 Å². The summed E-state index contributed by atoms with van der Waals surface area (Å²) in [5, 5.41) is 0. The van der Waals surface area contributed by atoms with Crippen LogP contribution >= 0.6 is 0 Å². The fourth-order valence-corrected chi connectivity index (χ4v) is 3.52. The Morgan fingerprint density at radius 3 is 2.00 bits per heavy atom. The summed E-state index contributed by atoms with van der Waals surface area (Å²) in [6.45, 7) is 2.00. The minimum absolute atomic E-state index is 0.0763. The maximum atomic E-state index is 12.9. The van der Waals surface area contributed by atoms with Gasteiger partial charge in [0, 0.05) is 53.4 Å². The van der Waals surface area contributed by atoms with Gasteiger partial charge < -0.3 is 28.9 Å². The number of anilines is 1. The summed E-state index contributed by atoms with van der Waals surface area (Å²) >= 11 is 0. The fourth-order valence-electron chi connectivity index (χ4n) is 3.52. The predicted octanol–water partition coefficient (Wildman–Crippen LogP) is 3.77. The number of nitrogens with zero attached hydrogens (tertiary/aromatic N) is 3. The zero-order chi connectivity index (χ0) is 25.0. The first-order chi connectivity index (χ1) is 16.1. The Hall–Kier alpha value is -4.01. The molecule has 34 heavy (non-hydrogen) atoms. The van der Waals surface area contributed by atoms with Gasteiger partial charge in [0.2, 0.25) is 0 Å². The number of carbonyl (C=O) groups is 3. The van der Waals surface area contributed by atoms with Crippen LogP contribution in [0, 0.1) is 0 Å². The SMILES string of the molecule is CCOC(=O)C1=C(c2ccccc2)N(C)c2cc(OC(=O)N(C)C)c(OC(=O)N(C)C)cc2C1. The van der Waals surface area contributed by atoms with E-state index < -0.39 is 18.2 Å². The molecule has 0 radical (unpaired) electrons. The molecule has 1 aliphatic rings. The molecule has 0 unspecified atom stereocenters. The second-order valence-corrected chi connectivity index (χ2v) is 8.10. The van der Waals surface area contributed by atoms with Crippen LogP contribution in [0.1, 0.15) is 18.1 Å². The van der Waals surface area contributed by atoms with Crippen LogP contribution in [0.15, 0.2) is 48.0 Å². The molecular weight excluding hydrogens is 438 g/mol. The summed E-state index contributed by atoms with van der Waals surface area (Å²) in [7, 11) is 8.03. The molecule has 2 aromatic carbocycles. The van der Waals surface area contributed by atoms with Gasteiger partial charge in [0.15, 0.2) is 11.5 Å². The van der Waals surface area contributed by atoms with Gasteiger partial charge in [-0.1, -0.05) is 30.3 Å². The number of amides is 2. The van der Waals surface area contributed by atoms with Gasteiger partial charge in [-0.05, 0) is 24.1 Å². The fraction of sp³-hybridized carbons (Fsp3) is 0.320. The van der Waals surface area contributed by atoms with Gasteiger partial charge in [0.1, 0.15) is 0 Å². The van der Waals surface area contributed by atoms with E-state index in [-0.39, 0.29) is 24.5 Å². The van der Waals surface area contributed by atoms with E-state index in [9.17, 15) is 14.4 Å². The quantitative estimate of drug-likeness (QED) is 0.619. The number of hydrogen-bond acceptors (Lipinski definition) is 7. The molecule has 0 saturated carbocycles. The average Bonchev–Trinajstić information content (AvgIpc) is 2.80. The first-order valence-electron chi connectivity index (χ1n) is 10.8. The van der Waals surface area contributed by atoms with Gasteiger partial charge in [0.25, 0.3) is 0 Å². The lowest BCUT2D eigenvalue weighted by molar-refractivity contribution is -0.138. The molecule has 180 valence electrons. The van der Waals surface area contributed by atoms with E-state index in [1.165, 1.54) is 9.80 Å². The van der Waals surface area contributed by atoms with Crippen molar-refractivity contribution in [1.29, 1.82) is 0 Å². The van der Waals surface area contributed by atoms with Crippen molar-refractivity contribution in [3.05, 3.63) is 59.2 Å². The van der Waals surface area contributed by atoms with Crippen molar-refractivity contribution in [1.82, 2.24) is 9.80 Å². The van der Waals surface area contributed by atoms with Crippen molar-refractivity contribution in [3.8, 4) is 11.5 Å². The van der Waals surface area contributed by atoms with Crippen LogP contribution in [-0.2, 0) is 16.0 Å². The lowest BCUT2D eigenvalue weighted by Crippen LogP contribution is -2.29. The van der Waals surface area contributed by atoms with Crippen LogP contribution in [0.2, 0.25) is 0 Å². The van der Waals surface area contributed by atoms with Gasteiger partial charge in [0.05, 0.1) is 17.9 Å². The molecule has 9 heteroatoms. The normalized spacial score (nSPS) is 12.6. The summed E-state index contributed by atoms with van der Waals surface area (Å²) in [5.41, 5.74) is 3.43. The lowest BCUT2D eigenvalue weighted by Gasteiger charge is -2.33. The van der Waals surface area contributed by atoms with Crippen molar-refractivity contribution in [2.75, 3.05) is 46.7 Å². The molecule has 3 rings (SSSR count). The Labute approximate surface area is 199 Å². The second kappa shape index (κ2) is 10.3. The first kappa shape index (κ1) is 24.6. The van der Waals surface area contributed by atoms with Gasteiger partial charge in [-0.3, -0.25) is 0 Å². The van der Waals surface area contributed by atoms with Gasteiger partial charge in [-0.15, -0.1) is 0 Å². The summed E-state index contributed by atoms with van der Waals surface area (Å²) in [6, 6.07) is 12.8. The summed E-state index contributed by atoms with van der Waals surface area (Å²) in [5.74, 6) is -0.257. The van der Waals surface area contributed by atoms with Crippen LogP contribution in [0.5, 0.6) is 11.5 Å². The maximum absolute atomic E-state index is 12.9. The second-order valence-electron chi connectivity index (χ2n) is 8.10. The van der Waals surface area contributed by atoms with Crippen LogP contribution in [-0.4, -0.2) is 69.8 Å². The number of hydrogen-bond donors (Lipinski definition) is 0. The molecule has 1 heterocycles. The number of benzene rings is 2. The van der Waals surface area contributed by atoms with E-state index in [0.29, 0.717) is 17.0 Å². The lowest BCUT2D eigenvalue weighted by atomic mass is 9.92. The summed E-state index contributed by atoms with van der Waals surface area (Å²) in [6.07, 6.45) is -0.999. The Balaban J connectivity index is 2.16. The van der Waals surface area contributed by atoms with Crippen LogP contribution < -0.4 is 14.4 Å². The van der Waals surface area contributed by atoms with Crippen molar-refractivity contribution < 1.29 is 28.6 Å². The standard InChI is InChI=1S/C25H29N3O6/c1-7-32-23(29)18-13-17-14-20(33-24(30)26(2)3)21(34-25(31)27(4)5)15-19(17)28(6)22(18)16-11-9-8-10-12-16/h8-12,14-15H,7,13H2,1-6H3. The highest BCUT2D eigenvalue weighted by atomic mass is 16.6. The van der Waals surface area contributed by atoms with Gasteiger partial charge in [-0.2, -0.15) is 0 Å². The molecule has 0 aliphatic carbocycles. The molecule has 0 N–H and O–H groups in total. The highest BCUT2D eigenvalue weighted by Gasteiger charge is 2.31. The molecule has 1 aliphatic heterocycles. The number of esters is 1. The molecule has 2 aromatic rings. The Bertz CT molecular complexity index is 1120. The number of rotatable bonds is 5. The van der Waals surface area contributed by atoms with Crippen LogP contribution in [0.25, 0.3) is 5.70 Å². The minimum Gasteiger partial charge on any atom is -0.463 e. The highest BCUT2D eigenvalue weighted by Crippen LogP contribution is 2.43. The summed E-state index contributed by atoms with van der Waals surface area (Å²) < 4.78 is 16.3. The van der Waals surface area contributed by atoms with E-state index in [2.05, 4.69) is 0 Å². The molecule has 0 aromatic heterocycles. The van der Waals surface area contributed by atoms with E-state index in [1.54, 1.807) is 47.2 Å². The number of ether oxygens (including phenoxy) is 3. The average molecular weight is 468 g/mol. The molecule has 9 nitrogen and oxygen atoms in total. The molecular formula is C25H29N3O6. The molecule has 0 spiro atoms. The van der Waals surface area contributed by atoms with E-state index in [4.69, 9.17) is 14.2 Å². The van der Waals surface area contributed by atoms with Crippen LogP contribution in [0.4, 0.5) is 15.3 Å². The number of fused-ring (bicyclic) bond motifs is 1. The monoisotopic (exact) mass is 467 g/mol. The molecule has 0 fully saturated rings. The summed E-state index contributed by atoms with van der Waals surface area (Å²) in [4.78, 5) is 41.9. The predicted molar refractivity (Wildman–Crippen MR) is 128 cm³/mol. The van der Waals surface area contributed by atoms with E-state index in [1.807, 2.05) is 42.3 Å². The largest absolute Gasteiger partial charge is 0.463 e. The number of carbonyl (C=O) groups excluding carboxylic acids is 3. The first-order valence-corrected chi connectivity index (χ1v) is 10.8. The van der Waals surface area contributed by atoms with Crippen LogP contribution in [0.3, 0.4) is 0 Å². The molecule has 2 amide bonds. The third-order valence-corrected chi connectivity index (χ3v) is 5.19. The Kier molecular flexibility index (Phi) is 7.45. The van der Waals surface area contributed by atoms with Crippen molar-refractivity contribution in [3.63, 3.8) is 0 Å². The molecule has 0 bridgehead atoms. The van der Waals surface area contributed by atoms with Crippen molar-refractivity contribution in [2.45, 2.75) is 13.3 Å². The topological polar surface area (TPSA) is 88.6 Å². The van der Waals surface area contributed by atoms with E-state index in [0.717, 1.165) is 11.1 Å². The minimum atomic E-state index is -0.627. The maximum Gasteiger partial charge on any atom is 0.414 e. The molecule has 0 atom stereocenters. The van der Waals surface area contributed by atoms with Gasteiger partial charge in [-0.25, -0.2) is 14.4 Å². The highest BCUT2D eigenvalue weighted by molar-refractivity contribution is 6.03. The zero-order valence-corrected chi connectivity index (χ0v) is 20.2. The van der Waals surface area contributed by atoms with Crippen molar-refractivity contribution >= 4 is 29.5 Å². The van der Waals surface area contributed by atoms with E-state index >= 15 is 0 Å². The Morgan fingerprint density at radius 2 is 1.47 bits per heavy atom. The zero-order valence-electron chi connectivity index (χ0n) is 20.2. The Morgan fingerprint density at radius 1 is 0.912 bits per heavy atom. The third-order valence-electron chi connectivity index (χ3n) is 5.19. The smallest absolute Gasteiger partial charge is 0.414 e.